The molecule has 1 saturated carbocycles. The number of hydrogen-bond donors (Lipinski definition) is 3. The van der Waals surface area contributed by atoms with Crippen LogP contribution in [-0.4, -0.2) is 53.7 Å². The van der Waals surface area contributed by atoms with E-state index in [0.717, 1.165) is 24.8 Å². The number of amides is 3. The predicted octanol–water partition coefficient (Wildman–Crippen LogP) is 3.51. The second-order valence-electron chi connectivity index (χ2n) is 10.8. The Morgan fingerprint density at radius 1 is 1.03 bits per heavy atom. The van der Waals surface area contributed by atoms with Gasteiger partial charge in [0.1, 0.15) is 12.6 Å². The zero-order valence-corrected chi connectivity index (χ0v) is 22.2. The van der Waals surface area contributed by atoms with Gasteiger partial charge in [0.05, 0.1) is 6.04 Å². The Labute approximate surface area is 218 Å². The van der Waals surface area contributed by atoms with Crippen LogP contribution in [0.15, 0.2) is 30.3 Å². The lowest BCUT2D eigenvalue weighted by Crippen LogP contribution is -2.55. The van der Waals surface area contributed by atoms with Crippen LogP contribution in [-0.2, 0) is 25.7 Å². The first kappa shape index (κ1) is 28.4. The minimum absolute atomic E-state index is 0.0766. The number of ketones is 1. The average Bonchev–Trinajstić information content (AvgIpc) is 3.19. The highest BCUT2D eigenvalue weighted by atomic mass is 16.6. The first-order valence-electron chi connectivity index (χ1n) is 13.2. The first-order chi connectivity index (χ1) is 17.6. The fourth-order valence-electron chi connectivity index (χ4n) is 4.35. The summed E-state index contributed by atoms with van der Waals surface area (Å²) in [6.45, 7) is 8.32. The van der Waals surface area contributed by atoms with Crippen molar-refractivity contribution in [3.63, 3.8) is 0 Å². The van der Waals surface area contributed by atoms with E-state index >= 15 is 0 Å². The summed E-state index contributed by atoms with van der Waals surface area (Å²) < 4.78 is 10.6. The Hall–Kier alpha value is -3.14. The lowest BCUT2D eigenvalue weighted by atomic mass is 9.85. The Morgan fingerprint density at radius 3 is 2.27 bits per heavy atom. The molecular formula is C27H40N4O6. The molecule has 10 nitrogen and oxygen atoms in total. The van der Waals surface area contributed by atoms with Crippen LogP contribution in [0.1, 0.15) is 65.4 Å². The Morgan fingerprint density at radius 2 is 1.68 bits per heavy atom. The second kappa shape index (κ2) is 13.4. The summed E-state index contributed by atoms with van der Waals surface area (Å²) in [7, 11) is 0. The van der Waals surface area contributed by atoms with Gasteiger partial charge in [-0.3, -0.25) is 9.59 Å². The van der Waals surface area contributed by atoms with Gasteiger partial charge < -0.3 is 20.1 Å². The Balaban J connectivity index is 1.61. The van der Waals surface area contributed by atoms with Crippen molar-refractivity contribution >= 4 is 23.9 Å². The molecule has 0 aromatic heterocycles. The summed E-state index contributed by atoms with van der Waals surface area (Å²) in [5.74, 6) is -0.322. The lowest BCUT2D eigenvalue weighted by molar-refractivity contribution is -0.134. The van der Waals surface area contributed by atoms with Crippen LogP contribution in [0, 0.1) is 17.8 Å². The maximum atomic E-state index is 13.3. The molecular weight excluding hydrogens is 476 g/mol. The molecule has 3 amide bonds. The van der Waals surface area contributed by atoms with Gasteiger partial charge in [0, 0.05) is 6.54 Å². The molecule has 204 valence electrons. The third-order valence-electron chi connectivity index (χ3n) is 6.53. The van der Waals surface area contributed by atoms with E-state index in [1.54, 1.807) is 0 Å². The van der Waals surface area contributed by atoms with E-state index in [9.17, 15) is 19.2 Å². The fourth-order valence-corrected chi connectivity index (χ4v) is 4.35. The molecule has 2 aliphatic rings. The van der Waals surface area contributed by atoms with Crippen molar-refractivity contribution in [3.05, 3.63) is 35.9 Å². The summed E-state index contributed by atoms with van der Waals surface area (Å²) in [6, 6.07) is 7.46. The monoisotopic (exact) mass is 516 g/mol. The molecule has 1 unspecified atom stereocenters. The fraction of sp³-hybridized carbons (Fsp3) is 0.630. The molecule has 1 aliphatic heterocycles. The molecule has 0 bridgehead atoms. The number of nitrogens with zero attached hydrogens (tertiary/aromatic N) is 1. The van der Waals surface area contributed by atoms with Gasteiger partial charge in [-0.25, -0.2) is 14.6 Å². The maximum absolute atomic E-state index is 13.3. The van der Waals surface area contributed by atoms with E-state index in [-0.39, 0.29) is 18.4 Å². The average molecular weight is 517 g/mol. The van der Waals surface area contributed by atoms with E-state index in [2.05, 4.69) is 16.1 Å². The number of hydrazine groups is 1. The number of alkyl carbamates (subject to hydrolysis) is 1. The van der Waals surface area contributed by atoms with Crippen LogP contribution in [0.2, 0.25) is 0 Å². The minimum Gasteiger partial charge on any atom is -0.445 e. The summed E-state index contributed by atoms with van der Waals surface area (Å²) in [5, 5.41) is 6.79. The van der Waals surface area contributed by atoms with Crippen LogP contribution in [0.5, 0.6) is 0 Å². The zero-order chi connectivity index (χ0) is 26.9. The van der Waals surface area contributed by atoms with Crippen molar-refractivity contribution in [1.29, 1.82) is 0 Å². The number of Topliss-reactive ketones (excluding diaryl/α,β-unsaturated/α-hetero) is 1. The molecule has 3 rings (SSSR count). The van der Waals surface area contributed by atoms with E-state index in [4.69, 9.17) is 9.47 Å². The van der Waals surface area contributed by atoms with Gasteiger partial charge in [0.15, 0.2) is 0 Å². The van der Waals surface area contributed by atoms with Crippen molar-refractivity contribution in [3.8, 4) is 0 Å². The van der Waals surface area contributed by atoms with Crippen molar-refractivity contribution in [2.24, 2.45) is 17.8 Å². The SMILES string of the molecule is CC(C)C[C@H](NC(=O)OCc1ccccc1)C(=O)N[C@@H](CC(C)C)C(=O)C1NN(CC2CCC2)C(=O)O1. The van der Waals surface area contributed by atoms with Crippen molar-refractivity contribution in [1.82, 2.24) is 21.1 Å². The second-order valence-corrected chi connectivity index (χ2v) is 10.8. The zero-order valence-electron chi connectivity index (χ0n) is 22.2. The van der Waals surface area contributed by atoms with Gasteiger partial charge in [0.25, 0.3) is 0 Å². The van der Waals surface area contributed by atoms with Crippen LogP contribution >= 0.6 is 0 Å². The van der Waals surface area contributed by atoms with Gasteiger partial charge >= 0.3 is 12.2 Å². The highest BCUT2D eigenvalue weighted by molar-refractivity contribution is 5.95. The van der Waals surface area contributed by atoms with Crippen molar-refractivity contribution in [2.75, 3.05) is 6.54 Å². The number of ether oxygens (including phenoxy) is 2. The van der Waals surface area contributed by atoms with Gasteiger partial charge in [0.2, 0.25) is 17.9 Å². The van der Waals surface area contributed by atoms with Gasteiger partial charge in [-0.2, -0.15) is 5.43 Å². The van der Waals surface area contributed by atoms with E-state index in [1.807, 2.05) is 58.0 Å². The summed E-state index contributed by atoms with van der Waals surface area (Å²) in [4.78, 5) is 51.3. The highest BCUT2D eigenvalue weighted by Crippen LogP contribution is 2.28. The molecule has 1 aliphatic carbocycles. The number of hydrogen-bond acceptors (Lipinski definition) is 7. The van der Waals surface area contributed by atoms with Gasteiger partial charge in [-0.15, -0.1) is 0 Å². The number of cyclic esters (lactones) is 1. The first-order valence-corrected chi connectivity index (χ1v) is 13.2. The van der Waals surface area contributed by atoms with E-state index in [1.165, 1.54) is 5.01 Å². The molecule has 1 heterocycles. The molecule has 3 N–H and O–H groups in total. The largest absolute Gasteiger partial charge is 0.445 e. The molecule has 1 saturated heterocycles. The summed E-state index contributed by atoms with van der Waals surface area (Å²) >= 11 is 0. The van der Waals surface area contributed by atoms with Crippen LogP contribution in [0.4, 0.5) is 9.59 Å². The Kier molecular flexibility index (Phi) is 10.3. The molecule has 10 heteroatoms. The molecule has 3 atom stereocenters. The smallest absolute Gasteiger partial charge is 0.426 e. The number of carbonyl (C=O) groups excluding carboxylic acids is 4. The maximum Gasteiger partial charge on any atom is 0.426 e. The quantitative estimate of drug-likeness (QED) is 0.366. The lowest BCUT2D eigenvalue weighted by Gasteiger charge is -2.28. The molecule has 37 heavy (non-hydrogen) atoms. The van der Waals surface area contributed by atoms with Gasteiger partial charge in [-0.1, -0.05) is 64.4 Å². The standard InChI is InChI=1S/C27H40N4O6/c1-17(2)13-21(23(32)25-30-31(27(35)37-25)15-19-11-8-12-19)28-24(33)22(14-18(3)4)29-26(34)36-16-20-9-6-5-7-10-20/h5-7,9-10,17-19,21-22,25,30H,8,11-16H2,1-4H3,(H,28,33)(H,29,34)/t21-,22-,25?/m0/s1. The van der Waals surface area contributed by atoms with Crippen molar-refractivity contribution < 1.29 is 28.7 Å². The predicted molar refractivity (Wildman–Crippen MR) is 137 cm³/mol. The Bertz CT molecular complexity index is 934. The number of nitrogens with one attached hydrogen (secondary N) is 3. The van der Waals surface area contributed by atoms with Gasteiger partial charge in [-0.05, 0) is 49.0 Å². The van der Waals surface area contributed by atoms with Crippen molar-refractivity contribution in [2.45, 2.75) is 84.7 Å². The number of carbonyl (C=O) groups is 4. The van der Waals surface area contributed by atoms with E-state index < -0.39 is 42.2 Å². The molecule has 0 spiro atoms. The highest BCUT2D eigenvalue weighted by Gasteiger charge is 2.41. The number of rotatable bonds is 13. The third-order valence-corrected chi connectivity index (χ3v) is 6.53. The van der Waals surface area contributed by atoms with E-state index in [0.29, 0.717) is 25.3 Å². The minimum atomic E-state index is -1.16. The normalized spacial score (nSPS) is 19.2. The summed E-state index contributed by atoms with van der Waals surface area (Å²) in [5.41, 5.74) is 3.69. The van der Waals surface area contributed by atoms with Crippen LogP contribution in [0.3, 0.4) is 0 Å². The summed E-state index contributed by atoms with van der Waals surface area (Å²) in [6.07, 6.45) is 1.50. The van der Waals surface area contributed by atoms with Crippen LogP contribution in [0.25, 0.3) is 0 Å². The number of benzene rings is 1. The molecule has 1 aromatic carbocycles. The topological polar surface area (TPSA) is 126 Å². The molecule has 2 fully saturated rings. The molecule has 0 radical (unpaired) electrons. The third kappa shape index (κ3) is 8.73. The molecule has 1 aromatic rings. The van der Waals surface area contributed by atoms with Crippen LogP contribution < -0.4 is 16.1 Å².